The fraction of sp³-hybridized carbons (Fsp3) is 0.182. The van der Waals surface area contributed by atoms with Crippen LogP contribution < -0.4 is 15.2 Å². The van der Waals surface area contributed by atoms with Gasteiger partial charge in [-0.2, -0.15) is 0 Å². The number of carbonyl (C=O) groups is 1. The summed E-state index contributed by atoms with van der Waals surface area (Å²) in [6.07, 6.45) is 6.84. The molecule has 8 nitrogen and oxygen atoms in total. The van der Waals surface area contributed by atoms with Crippen molar-refractivity contribution < 1.29 is 14.3 Å². The lowest BCUT2D eigenvalue weighted by molar-refractivity contribution is 0.0997. The summed E-state index contributed by atoms with van der Waals surface area (Å²) < 4.78 is 11.6. The van der Waals surface area contributed by atoms with E-state index in [1.165, 1.54) is 6.33 Å². The second-order valence-electron chi connectivity index (χ2n) is 7.04. The Morgan fingerprint density at radius 1 is 1.23 bits per heavy atom. The van der Waals surface area contributed by atoms with Gasteiger partial charge in [-0.3, -0.25) is 9.78 Å². The maximum absolute atomic E-state index is 12.2. The molecule has 0 saturated carbocycles. The largest absolute Gasteiger partial charge is 0.486 e. The van der Waals surface area contributed by atoms with E-state index in [0.29, 0.717) is 29.3 Å². The van der Waals surface area contributed by atoms with Crippen LogP contribution in [0.1, 0.15) is 28.0 Å². The number of fused-ring (bicyclic) bond motifs is 2. The molecule has 1 amide bonds. The van der Waals surface area contributed by atoms with Gasteiger partial charge >= 0.3 is 0 Å². The van der Waals surface area contributed by atoms with Crippen LogP contribution in [0.3, 0.4) is 0 Å². The van der Waals surface area contributed by atoms with Crippen molar-refractivity contribution in [1.82, 2.24) is 19.9 Å². The number of H-pyrrole nitrogens is 1. The minimum atomic E-state index is -0.594. The predicted octanol–water partition coefficient (Wildman–Crippen LogP) is 3.02. The highest BCUT2D eigenvalue weighted by Gasteiger charge is 2.22. The highest BCUT2D eigenvalue weighted by molar-refractivity contribution is 6.10. The van der Waals surface area contributed by atoms with Crippen LogP contribution in [0, 0.1) is 0 Å². The van der Waals surface area contributed by atoms with Crippen molar-refractivity contribution in [2.75, 3.05) is 6.61 Å². The molecule has 5 rings (SSSR count). The minimum absolute atomic E-state index is 0.205. The number of imidazole rings is 1. The fourth-order valence-corrected chi connectivity index (χ4v) is 3.68. The molecular formula is C22H19N5O3. The van der Waals surface area contributed by atoms with E-state index in [0.717, 1.165) is 35.2 Å². The minimum Gasteiger partial charge on any atom is -0.486 e. The van der Waals surface area contributed by atoms with E-state index >= 15 is 0 Å². The maximum atomic E-state index is 12.2. The molecule has 0 fully saturated rings. The first-order valence-corrected chi connectivity index (χ1v) is 9.65. The number of hydrogen-bond acceptors (Lipinski definition) is 6. The summed E-state index contributed by atoms with van der Waals surface area (Å²) >= 11 is 0. The van der Waals surface area contributed by atoms with Crippen LogP contribution in [0.15, 0.2) is 49.1 Å². The summed E-state index contributed by atoms with van der Waals surface area (Å²) in [5.41, 5.74) is 10.6. The average molecular weight is 401 g/mol. The zero-order valence-corrected chi connectivity index (χ0v) is 16.1. The van der Waals surface area contributed by atoms with Gasteiger partial charge in [0.2, 0.25) is 5.88 Å². The van der Waals surface area contributed by atoms with Crippen LogP contribution in [0.25, 0.3) is 22.2 Å². The van der Waals surface area contributed by atoms with Gasteiger partial charge in [0.15, 0.2) is 0 Å². The van der Waals surface area contributed by atoms with Crippen molar-refractivity contribution in [3.63, 3.8) is 0 Å². The van der Waals surface area contributed by atoms with E-state index in [1.807, 2.05) is 18.2 Å². The van der Waals surface area contributed by atoms with Gasteiger partial charge in [0.25, 0.3) is 5.91 Å². The summed E-state index contributed by atoms with van der Waals surface area (Å²) in [5, 5.41) is 0. The number of amides is 1. The highest BCUT2D eigenvalue weighted by atomic mass is 16.5. The normalized spacial score (nSPS) is 12.9. The third-order valence-electron chi connectivity index (χ3n) is 5.08. The summed E-state index contributed by atoms with van der Waals surface area (Å²) in [7, 11) is 0. The first kappa shape index (κ1) is 18.1. The third-order valence-corrected chi connectivity index (χ3v) is 5.08. The maximum Gasteiger partial charge on any atom is 0.254 e. The van der Waals surface area contributed by atoms with Crippen LogP contribution in [0.4, 0.5) is 0 Å². The number of nitrogens with two attached hydrogens (primary N) is 1. The van der Waals surface area contributed by atoms with Crippen molar-refractivity contribution in [3.05, 3.63) is 65.9 Å². The summed E-state index contributed by atoms with van der Waals surface area (Å²) in [6.45, 7) is 0.887. The van der Waals surface area contributed by atoms with Gasteiger partial charge in [0.1, 0.15) is 17.9 Å². The molecule has 0 saturated heterocycles. The monoisotopic (exact) mass is 401 g/mol. The van der Waals surface area contributed by atoms with Crippen LogP contribution in [-0.4, -0.2) is 32.4 Å². The topological polar surface area (TPSA) is 116 Å². The number of benzene rings is 1. The molecule has 0 spiro atoms. The first-order valence-electron chi connectivity index (χ1n) is 9.65. The zero-order chi connectivity index (χ0) is 20.5. The molecule has 3 N–H and O–H groups in total. The Morgan fingerprint density at radius 3 is 3.00 bits per heavy atom. The number of carbonyl (C=O) groups excluding carboxylic acids is 1. The lowest BCUT2D eigenvalue weighted by Gasteiger charge is -2.17. The van der Waals surface area contributed by atoms with E-state index in [9.17, 15) is 4.79 Å². The Kier molecular flexibility index (Phi) is 4.51. The van der Waals surface area contributed by atoms with Crippen LogP contribution in [0.5, 0.6) is 11.6 Å². The summed E-state index contributed by atoms with van der Waals surface area (Å²) in [5.74, 6) is 0.446. The number of aromatic nitrogens is 4. The molecule has 3 aromatic heterocycles. The number of rotatable bonds is 5. The van der Waals surface area contributed by atoms with Crippen molar-refractivity contribution in [2.24, 2.45) is 5.73 Å². The van der Waals surface area contributed by atoms with E-state index in [1.54, 1.807) is 18.5 Å². The number of aromatic amines is 1. The number of primary amides is 1. The standard InChI is InChI=1S/C22H19N5O3/c23-21(28)18-17(30-11-15-5-1-2-6-24-15)9-16(19-20(18)27-12-26-19)14-8-13-4-3-7-29-22(13)25-10-14/h1-2,5-6,8-10,12H,3-4,7,11H2,(H2,23,28)(H,26,27). The van der Waals surface area contributed by atoms with E-state index in [4.69, 9.17) is 15.2 Å². The molecule has 0 atom stereocenters. The summed E-state index contributed by atoms with van der Waals surface area (Å²) in [6, 6.07) is 9.41. The molecule has 150 valence electrons. The van der Waals surface area contributed by atoms with Gasteiger partial charge < -0.3 is 20.2 Å². The molecule has 1 aliphatic rings. The number of nitrogens with one attached hydrogen (secondary N) is 1. The number of hydrogen-bond donors (Lipinski definition) is 2. The Morgan fingerprint density at radius 2 is 2.17 bits per heavy atom. The molecule has 4 heterocycles. The number of ether oxygens (including phenoxy) is 2. The van der Waals surface area contributed by atoms with Gasteiger partial charge in [-0.05, 0) is 37.1 Å². The zero-order valence-electron chi connectivity index (χ0n) is 16.1. The lowest BCUT2D eigenvalue weighted by atomic mass is 9.99. The fourth-order valence-electron chi connectivity index (χ4n) is 3.68. The molecule has 0 radical (unpaired) electrons. The van der Waals surface area contributed by atoms with Crippen LogP contribution in [-0.2, 0) is 13.0 Å². The number of pyridine rings is 2. The van der Waals surface area contributed by atoms with Crippen molar-refractivity contribution >= 4 is 16.9 Å². The molecular weight excluding hydrogens is 382 g/mol. The molecule has 1 aliphatic heterocycles. The smallest absolute Gasteiger partial charge is 0.254 e. The van der Waals surface area contributed by atoms with Crippen molar-refractivity contribution in [2.45, 2.75) is 19.4 Å². The number of nitrogens with zero attached hydrogens (tertiary/aromatic N) is 3. The van der Waals surface area contributed by atoms with Gasteiger partial charge in [-0.1, -0.05) is 6.07 Å². The Hall–Kier alpha value is -3.94. The van der Waals surface area contributed by atoms with Crippen molar-refractivity contribution in [3.8, 4) is 22.8 Å². The first-order chi connectivity index (χ1) is 14.7. The van der Waals surface area contributed by atoms with E-state index in [2.05, 4.69) is 26.0 Å². The van der Waals surface area contributed by atoms with E-state index in [-0.39, 0.29) is 12.2 Å². The highest BCUT2D eigenvalue weighted by Crippen LogP contribution is 2.37. The molecule has 0 unspecified atom stereocenters. The average Bonchev–Trinajstić information content (AvgIpc) is 3.26. The van der Waals surface area contributed by atoms with Gasteiger partial charge in [0.05, 0.1) is 29.7 Å². The van der Waals surface area contributed by atoms with Crippen LogP contribution >= 0.6 is 0 Å². The second kappa shape index (κ2) is 7.47. The SMILES string of the molecule is NC(=O)c1c(OCc2ccccn2)cc(-c2cnc3c(c2)CCCO3)c2nc[nH]c12. The molecule has 8 heteroatoms. The Bertz CT molecular complexity index is 1240. The van der Waals surface area contributed by atoms with Gasteiger partial charge in [-0.25, -0.2) is 9.97 Å². The number of aryl methyl sites for hydroxylation is 1. The molecule has 0 bridgehead atoms. The third kappa shape index (κ3) is 3.22. The molecule has 1 aromatic carbocycles. The van der Waals surface area contributed by atoms with E-state index < -0.39 is 5.91 Å². The van der Waals surface area contributed by atoms with Crippen LogP contribution in [0.2, 0.25) is 0 Å². The van der Waals surface area contributed by atoms with Crippen molar-refractivity contribution in [1.29, 1.82) is 0 Å². The Balaban J connectivity index is 1.62. The molecule has 0 aliphatic carbocycles. The predicted molar refractivity (Wildman–Crippen MR) is 110 cm³/mol. The summed E-state index contributed by atoms with van der Waals surface area (Å²) in [4.78, 5) is 28.4. The Labute approximate surface area is 172 Å². The molecule has 4 aromatic rings. The molecule has 30 heavy (non-hydrogen) atoms. The van der Waals surface area contributed by atoms with Gasteiger partial charge in [-0.15, -0.1) is 0 Å². The second-order valence-corrected chi connectivity index (χ2v) is 7.04. The van der Waals surface area contributed by atoms with Gasteiger partial charge in [0, 0.05) is 29.1 Å². The quantitative estimate of drug-likeness (QED) is 0.531. The lowest BCUT2D eigenvalue weighted by Crippen LogP contribution is -2.14.